The maximum Gasteiger partial charge on any atom is 0.255 e. The van der Waals surface area contributed by atoms with Crippen LogP contribution in [0, 0.1) is 6.92 Å². The molecule has 0 saturated carbocycles. The number of amides is 1. The predicted octanol–water partition coefficient (Wildman–Crippen LogP) is 3.78. The SMILES string of the molecule is CCc1c(C(=O)NCc2nc(C)cs2)cnn1-c1cccc(Cl)c1. The molecule has 1 aromatic carbocycles. The molecule has 0 bridgehead atoms. The summed E-state index contributed by atoms with van der Waals surface area (Å²) < 4.78 is 1.76. The average Bonchev–Trinajstić information content (AvgIpc) is 3.18. The summed E-state index contributed by atoms with van der Waals surface area (Å²) in [5.41, 5.74) is 3.23. The van der Waals surface area contributed by atoms with Gasteiger partial charge in [-0.15, -0.1) is 11.3 Å². The van der Waals surface area contributed by atoms with Crippen LogP contribution in [0.25, 0.3) is 5.69 Å². The number of hydrogen-bond acceptors (Lipinski definition) is 4. The van der Waals surface area contributed by atoms with Gasteiger partial charge in [-0.3, -0.25) is 4.79 Å². The Kier molecular flexibility index (Phi) is 4.97. The molecule has 0 unspecified atom stereocenters. The Morgan fingerprint density at radius 2 is 2.25 bits per heavy atom. The van der Waals surface area contributed by atoms with Gasteiger partial charge in [0.2, 0.25) is 0 Å². The molecule has 1 N–H and O–H groups in total. The smallest absolute Gasteiger partial charge is 0.255 e. The van der Waals surface area contributed by atoms with E-state index in [1.165, 1.54) is 11.3 Å². The van der Waals surface area contributed by atoms with Crippen LogP contribution in [0.3, 0.4) is 0 Å². The fourth-order valence-electron chi connectivity index (χ4n) is 2.47. The Bertz CT molecular complexity index is 871. The minimum absolute atomic E-state index is 0.145. The zero-order chi connectivity index (χ0) is 17.1. The minimum Gasteiger partial charge on any atom is -0.345 e. The number of nitrogens with one attached hydrogen (secondary N) is 1. The van der Waals surface area contributed by atoms with Crippen molar-refractivity contribution < 1.29 is 4.79 Å². The van der Waals surface area contributed by atoms with E-state index in [1.54, 1.807) is 10.9 Å². The van der Waals surface area contributed by atoms with Gasteiger partial charge < -0.3 is 5.32 Å². The van der Waals surface area contributed by atoms with Gasteiger partial charge in [0, 0.05) is 16.1 Å². The number of rotatable bonds is 5. The summed E-state index contributed by atoms with van der Waals surface area (Å²) in [7, 11) is 0. The summed E-state index contributed by atoms with van der Waals surface area (Å²) in [4.78, 5) is 16.9. The number of carbonyl (C=O) groups is 1. The molecular formula is C17H17ClN4OS. The van der Waals surface area contributed by atoms with E-state index < -0.39 is 0 Å². The average molecular weight is 361 g/mol. The number of hydrogen-bond donors (Lipinski definition) is 1. The number of aromatic nitrogens is 3. The minimum atomic E-state index is -0.145. The van der Waals surface area contributed by atoms with Crippen molar-refractivity contribution in [2.75, 3.05) is 0 Å². The van der Waals surface area contributed by atoms with Gasteiger partial charge in [-0.05, 0) is 31.5 Å². The zero-order valence-corrected chi connectivity index (χ0v) is 15.0. The third kappa shape index (κ3) is 3.49. The topological polar surface area (TPSA) is 59.8 Å². The molecule has 0 spiro atoms. The third-order valence-electron chi connectivity index (χ3n) is 3.57. The van der Waals surface area contributed by atoms with Crippen LogP contribution < -0.4 is 5.32 Å². The second kappa shape index (κ2) is 7.15. The van der Waals surface area contributed by atoms with E-state index in [-0.39, 0.29) is 5.91 Å². The number of thiazole rings is 1. The molecule has 1 amide bonds. The summed E-state index contributed by atoms with van der Waals surface area (Å²) >= 11 is 7.59. The van der Waals surface area contributed by atoms with Crippen LogP contribution in [0.5, 0.6) is 0 Å². The van der Waals surface area contributed by atoms with Gasteiger partial charge in [0.05, 0.1) is 29.7 Å². The summed E-state index contributed by atoms with van der Waals surface area (Å²) in [6, 6.07) is 7.42. The van der Waals surface area contributed by atoms with Crippen molar-refractivity contribution in [1.29, 1.82) is 0 Å². The highest BCUT2D eigenvalue weighted by molar-refractivity contribution is 7.09. The molecule has 0 aliphatic carbocycles. The van der Waals surface area contributed by atoms with E-state index in [9.17, 15) is 4.79 Å². The molecule has 0 aliphatic heterocycles. The lowest BCUT2D eigenvalue weighted by Gasteiger charge is -2.08. The molecule has 2 heterocycles. The van der Waals surface area contributed by atoms with Crippen molar-refractivity contribution in [1.82, 2.24) is 20.1 Å². The van der Waals surface area contributed by atoms with E-state index in [0.717, 1.165) is 22.1 Å². The van der Waals surface area contributed by atoms with Gasteiger partial charge in [0.25, 0.3) is 5.91 Å². The Morgan fingerprint density at radius 1 is 1.42 bits per heavy atom. The lowest BCUT2D eigenvalue weighted by molar-refractivity contribution is 0.0950. The summed E-state index contributed by atoms with van der Waals surface area (Å²) in [6.45, 7) is 4.36. The highest BCUT2D eigenvalue weighted by atomic mass is 35.5. The van der Waals surface area contributed by atoms with Gasteiger partial charge in [-0.1, -0.05) is 24.6 Å². The molecule has 7 heteroatoms. The van der Waals surface area contributed by atoms with E-state index in [2.05, 4.69) is 15.4 Å². The molecule has 0 saturated heterocycles. The predicted molar refractivity (Wildman–Crippen MR) is 96.0 cm³/mol. The standard InChI is InChI=1S/C17H17ClN4OS/c1-3-15-14(17(23)19-9-16-21-11(2)10-24-16)8-20-22(15)13-6-4-5-12(18)7-13/h4-8,10H,3,9H2,1-2H3,(H,19,23). The summed E-state index contributed by atoms with van der Waals surface area (Å²) in [5.74, 6) is -0.145. The first-order valence-electron chi connectivity index (χ1n) is 7.60. The monoisotopic (exact) mass is 360 g/mol. The summed E-state index contributed by atoms with van der Waals surface area (Å²) in [5, 5.41) is 10.8. The lowest BCUT2D eigenvalue weighted by Crippen LogP contribution is -2.23. The summed E-state index contributed by atoms with van der Waals surface area (Å²) in [6.07, 6.45) is 2.29. The van der Waals surface area contributed by atoms with Crippen LogP contribution >= 0.6 is 22.9 Å². The first-order valence-corrected chi connectivity index (χ1v) is 8.86. The molecule has 24 heavy (non-hydrogen) atoms. The van der Waals surface area contributed by atoms with Gasteiger partial charge in [-0.2, -0.15) is 5.10 Å². The maximum atomic E-state index is 12.5. The van der Waals surface area contributed by atoms with Crippen molar-refractivity contribution in [2.45, 2.75) is 26.8 Å². The van der Waals surface area contributed by atoms with Gasteiger partial charge in [0.15, 0.2) is 0 Å². The largest absolute Gasteiger partial charge is 0.345 e. The fourth-order valence-corrected chi connectivity index (χ4v) is 3.37. The van der Waals surface area contributed by atoms with Crippen molar-refractivity contribution in [3.05, 3.63) is 62.8 Å². The highest BCUT2D eigenvalue weighted by Crippen LogP contribution is 2.19. The van der Waals surface area contributed by atoms with E-state index in [0.29, 0.717) is 23.6 Å². The van der Waals surface area contributed by atoms with Crippen molar-refractivity contribution in [3.63, 3.8) is 0 Å². The second-order valence-electron chi connectivity index (χ2n) is 5.32. The second-order valence-corrected chi connectivity index (χ2v) is 6.69. The van der Waals surface area contributed by atoms with Crippen molar-refractivity contribution in [3.8, 4) is 5.69 Å². The quantitative estimate of drug-likeness (QED) is 0.753. The van der Waals surface area contributed by atoms with Crippen molar-refractivity contribution >= 4 is 28.8 Å². The molecule has 2 aromatic heterocycles. The Morgan fingerprint density at radius 3 is 2.92 bits per heavy atom. The number of aryl methyl sites for hydroxylation is 1. The molecule has 0 atom stereocenters. The first kappa shape index (κ1) is 16.7. The van der Waals surface area contributed by atoms with E-state index in [4.69, 9.17) is 11.6 Å². The number of benzene rings is 1. The van der Waals surface area contributed by atoms with Crippen LogP contribution in [0.1, 0.15) is 33.7 Å². The normalized spacial score (nSPS) is 10.8. The Hall–Kier alpha value is -2.18. The zero-order valence-electron chi connectivity index (χ0n) is 13.4. The Labute approximate surface area is 149 Å². The van der Waals surface area contributed by atoms with Gasteiger partial charge >= 0.3 is 0 Å². The Balaban J connectivity index is 1.82. The van der Waals surface area contributed by atoms with Crippen LogP contribution in [0.4, 0.5) is 0 Å². The molecule has 0 aliphatic rings. The van der Waals surface area contributed by atoms with E-state index >= 15 is 0 Å². The first-order chi connectivity index (χ1) is 11.6. The van der Waals surface area contributed by atoms with Crippen molar-refractivity contribution in [2.24, 2.45) is 0 Å². The molecule has 0 fully saturated rings. The molecule has 3 rings (SSSR count). The molecule has 124 valence electrons. The lowest BCUT2D eigenvalue weighted by atomic mass is 10.2. The number of carbonyl (C=O) groups excluding carboxylic acids is 1. The molecule has 3 aromatic rings. The van der Waals surface area contributed by atoms with Crippen LogP contribution in [0.2, 0.25) is 5.02 Å². The van der Waals surface area contributed by atoms with Gasteiger partial charge in [-0.25, -0.2) is 9.67 Å². The molecular weight excluding hydrogens is 344 g/mol. The van der Waals surface area contributed by atoms with Crippen LogP contribution in [-0.2, 0) is 13.0 Å². The number of nitrogens with zero attached hydrogens (tertiary/aromatic N) is 3. The van der Waals surface area contributed by atoms with Gasteiger partial charge in [0.1, 0.15) is 5.01 Å². The molecule has 0 radical (unpaired) electrons. The third-order valence-corrected chi connectivity index (χ3v) is 4.77. The van der Waals surface area contributed by atoms with Crippen LogP contribution in [-0.4, -0.2) is 20.7 Å². The maximum absolute atomic E-state index is 12.5. The highest BCUT2D eigenvalue weighted by Gasteiger charge is 2.17. The van der Waals surface area contributed by atoms with E-state index in [1.807, 2.05) is 43.5 Å². The fraction of sp³-hybridized carbons (Fsp3) is 0.235. The number of halogens is 1. The molecule has 5 nitrogen and oxygen atoms in total. The van der Waals surface area contributed by atoms with Crippen LogP contribution in [0.15, 0.2) is 35.8 Å².